The van der Waals surface area contributed by atoms with Gasteiger partial charge in [0.25, 0.3) is 0 Å². The van der Waals surface area contributed by atoms with Crippen molar-refractivity contribution in [3.05, 3.63) is 0 Å². The number of likely N-dealkylation sites (tertiary alicyclic amines) is 1. The van der Waals surface area contributed by atoms with Crippen molar-refractivity contribution < 1.29 is 0 Å². The minimum Gasteiger partial charge on any atom is -0.329 e. The van der Waals surface area contributed by atoms with Crippen LogP contribution < -0.4 is 5.73 Å². The summed E-state index contributed by atoms with van der Waals surface area (Å²) in [7, 11) is 2.31. The van der Waals surface area contributed by atoms with Crippen LogP contribution in [0.1, 0.15) is 51.9 Å². The number of nitrogens with zero attached hydrogens (tertiary/aromatic N) is 2. The number of hydrogen-bond acceptors (Lipinski definition) is 3. The van der Waals surface area contributed by atoms with Gasteiger partial charge in [0.05, 0.1) is 0 Å². The normalized spacial score (nSPS) is 29.0. The van der Waals surface area contributed by atoms with E-state index in [2.05, 4.69) is 23.8 Å². The van der Waals surface area contributed by atoms with Crippen LogP contribution in [0.15, 0.2) is 0 Å². The fourth-order valence-electron chi connectivity index (χ4n) is 3.98. The van der Waals surface area contributed by atoms with Gasteiger partial charge in [0.15, 0.2) is 0 Å². The quantitative estimate of drug-likeness (QED) is 0.814. The zero-order valence-corrected chi connectivity index (χ0v) is 12.3. The Kier molecular flexibility index (Phi) is 5.05. The van der Waals surface area contributed by atoms with Crippen molar-refractivity contribution in [2.75, 3.05) is 33.2 Å². The van der Waals surface area contributed by atoms with Crippen LogP contribution in [-0.2, 0) is 0 Å². The van der Waals surface area contributed by atoms with Crippen molar-refractivity contribution in [3.8, 4) is 0 Å². The second-order valence-electron chi connectivity index (χ2n) is 6.29. The fourth-order valence-corrected chi connectivity index (χ4v) is 3.98. The largest absolute Gasteiger partial charge is 0.329 e. The molecule has 0 aromatic heterocycles. The predicted molar refractivity (Wildman–Crippen MR) is 77.8 cm³/mol. The lowest BCUT2D eigenvalue weighted by molar-refractivity contribution is 0.0587. The minimum atomic E-state index is 0.306. The smallest absolute Gasteiger partial charge is 0.0329 e. The molecule has 2 fully saturated rings. The molecule has 3 nitrogen and oxygen atoms in total. The molecular formula is C15H31N3. The van der Waals surface area contributed by atoms with Gasteiger partial charge in [-0.15, -0.1) is 0 Å². The molecule has 2 rings (SSSR count). The maximum atomic E-state index is 6.13. The first-order valence-corrected chi connectivity index (χ1v) is 7.87. The molecule has 106 valence electrons. The van der Waals surface area contributed by atoms with Gasteiger partial charge in [-0.05, 0) is 45.8 Å². The van der Waals surface area contributed by atoms with Crippen LogP contribution in [0.2, 0.25) is 0 Å². The van der Waals surface area contributed by atoms with E-state index in [1.807, 2.05) is 0 Å². The molecule has 0 aromatic rings. The zero-order valence-electron chi connectivity index (χ0n) is 12.3. The standard InChI is InChI=1S/C15H31N3/c1-3-18-11-7-8-14(18)12-17(2)15(13-16)9-5-4-6-10-15/h14H,3-13,16H2,1-2H3. The van der Waals surface area contributed by atoms with Crippen molar-refractivity contribution in [3.63, 3.8) is 0 Å². The Morgan fingerprint density at radius 1 is 1.22 bits per heavy atom. The lowest BCUT2D eigenvalue weighted by Gasteiger charge is -2.45. The first-order chi connectivity index (χ1) is 8.72. The van der Waals surface area contributed by atoms with Gasteiger partial charge >= 0.3 is 0 Å². The number of rotatable bonds is 5. The van der Waals surface area contributed by atoms with Crippen molar-refractivity contribution in [2.45, 2.75) is 63.5 Å². The molecule has 18 heavy (non-hydrogen) atoms. The average molecular weight is 253 g/mol. The van der Waals surface area contributed by atoms with Gasteiger partial charge in [0.2, 0.25) is 0 Å². The van der Waals surface area contributed by atoms with E-state index >= 15 is 0 Å². The fraction of sp³-hybridized carbons (Fsp3) is 1.00. The summed E-state index contributed by atoms with van der Waals surface area (Å²) in [6.07, 6.45) is 9.49. The molecule has 1 atom stereocenters. The van der Waals surface area contributed by atoms with Gasteiger partial charge in [-0.3, -0.25) is 9.80 Å². The highest BCUT2D eigenvalue weighted by Crippen LogP contribution is 2.33. The summed E-state index contributed by atoms with van der Waals surface area (Å²) >= 11 is 0. The first kappa shape index (κ1) is 14.3. The topological polar surface area (TPSA) is 32.5 Å². The van der Waals surface area contributed by atoms with E-state index in [9.17, 15) is 0 Å². The van der Waals surface area contributed by atoms with Crippen LogP contribution in [0, 0.1) is 0 Å². The summed E-state index contributed by atoms with van der Waals surface area (Å²) in [6, 6.07) is 0.769. The number of likely N-dealkylation sites (N-methyl/N-ethyl adjacent to an activating group) is 2. The van der Waals surface area contributed by atoms with Gasteiger partial charge in [0.1, 0.15) is 0 Å². The third-order valence-electron chi connectivity index (χ3n) is 5.36. The highest BCUT2D eigenvalue weighted by atomic mass is 15.3. The SMILES string of the molecule is CCN1CCCC1CN(C)C1(CN)CCCCC1. The van der Waals surface area contributed by atoms with Crippen LogP contribution >= 0.6 is 0 Å². The van der Waals surface area contributed by atoms with Crippen LogP contribution in [0.4, 0.5) is 0 Å². The molecule has 2 aliphatic rings. The molecule has 0 spiro atoms. The Labute approximate surface area is 113 Å². The van der Waals surface area contributed by atoms with E-state index in [0.29, 0.717) is 5.54 Å². The second-order valence-corrected chi connectivity index (χ2v) is 6.29. The third kappa shape index (κ3) is 2.89. The molecule has 1 heterocycles. The van der Waals surface area contributed by atoms with Crippen molar-refractivity contribution in [2.24, 2.45) is 5.73 Å². The Balaban J connectivity index is 1.94. The Bertz CT molecular complexity index is 248. The molecule has 1 aliphatic heterocycles. The van der Waals surface area contributed by atoms with Gasteiger partial charge in [-0.25, -0.2) is 0 Å². The lowest BCUT2D eigenvalue weighted by atomic mass is 9.80. The van der Waals surface area contributed by atoms with Crippen LogP contribution in [0.25, 0.3) is 0 Å². The Morgan fingerprint density at radius 3 is 2.56 bits per heavy atom. The van der Waals surface area contributed by atoms with Gasteiger partial charge < -0.3 is 5.73 Å². The predicted octanol–water partition coefficient (Wildman–Crippen LogP) is 2.06. The summed E-state index contributed by atoms with van der Waals surface area (Å²) in [5.41, 5.74) is 6.43. The molecule has 1 unspecified atom stereocenters. The minimum absolute atomic E-state index is 0.306. The highest BCUT2D eigenvalue weighted by Gasteiger charge is 2.36. The first-order valence-electron chi connectivity index (χ1n) is 7.87. The Hall–Kier alpha value is -0.120. The maximum Gasteiger partial charge on any atom is 0.0329 e. The maximum absolute atomic E-state index is 6.13. The van der Waals surface area contributed by atoms with Crippen molar-refractivity contribution >= 4 is 0 Å². The van der Waals surface area contributed by atoms with E-state index in [1.165, 1.54) is 64.6 Å². The summed E-state index contributed by atoms with van der Waals surface area (Å²) in [4.78, 5) is 5.24. The highest BCUT2D eigenvalue weighted by molar-refractivity contribution is 4.95. The average Bonchev–Trinajstić information content (AvgIpc) is 2.86. The molecule has 0 bridgehead atoms. The van der Waals surface area contributed by atoms with E-state index in [4.69, 9.17) is 5.73 Å². The summed E-state index contributed by atoms with van der Waals surface area (Å²) in [5.74, 6) is 0. The van der Waals surface area contributed by atoms with Crippen LogP contribution in [0.5, 0.6) is 0 Å². The monoisotopic (exact) mass is 253 g/mol. The van der Waals surface area contributed by atoms with Gasteiger partial charge in [0, 0.05) is 24.7 Å². The molecular weight excluding hydrogens is 222 g/mol. The molecule has 1 aliphatic carbocycles. The summed E-state index contributed by atoms with van der Waals surface area (Å²) in [5, 5.41) is 0. The second kappa shape index (κ2) is 6.36. The van der Waals surface area contributed by atoms with E-state index in [0.717, 1.165) is 12.6 Å². The number of nitrogens with two attached hydrogens (primary N) is 1. The molecule has 1 saturated heterocycles. The third-order valence-corrected chi connectivity index (χ3v) is 5.36. The molecule has 1 saturated carbocycles. The number of hydrogen-bond donors (Lipinski definition) is 1. The van der Waals surface area contributed by atoms with E-state index < -0.39 is 0 Å². The molecule has 3 heteroatoms. The molecule has 2 N–H and O–H groups in total. The molecule has 0 radical (unpaired) electrons. The summed E-state index contributed by atoms with van der Waals surface area (Å²) < 4.78 is 0. The van der Waals surface area contributed by atoms with Gasteiger partial charge in [-0.2, -0.15) is 0 Å². The molecule has 0 amide bonds. The van der Waals surface area contributed by atoms with Crippen molar-refractivity contribution in [1.82, 2.24) is 9.80 Å². The zero-order chi connectivity index (χ0) is 13.0. The van der Waals surface area contributed by atoms with Crippen molar-refractivity contribution in [1.29, 1.82) is 0 Å². The van der Waals surface area contributed by atoms with E-state index in [1.54, 1.807) is 0 Å². The van der Waals surface area contributed by atoms with Crippen LogP contribution in [-0.4, -0.2) is 54.6 Å². The lowest BCUT2D eigenvalue weighted by Crippen LogP contribution is -2.56. The van der Waals surface area contributed by atoms with Crippen LogP contribution in [0.3, 0.4) is 0 Å². The Morgan fingerprint density at radius 2 is 1.94 bits per heavy atom. The van der Waals surface area contributed by atoms with Gasteiger partial charge in [-0.1, -0.05) is 26.2 Å². The summed E-state index contributed by atoms with van der Waals surface area (Å²) in [6.45, 7) is 6.84. The van der Waals surface area contributed by atoms with E-state index in [-0.39, 0.29) is 0 Å². The molecule has 0 aromatic carbocycles.